The van der Waals surface area contributed by atoms with Gasteiger partial charge >= 0.3 is 5.97 Å². The number of carbonyl (C=O) groups is 2. The molecule has 2 aromatic heterocycles. The van der Waals surface area contributed by atoms with E-state index in [4.69, 9.17) is 5.11 Å². The number of carboxylic acid groups (broad SMARTS) is 1. The molecule has 2 aromatic rings. The van der Waals surface area contributed by atoms with E-state index in [0.717, 1.165) is 11.3 Å². The largest absolute Gasteiger partial charge is 0.478 e. The molecule has 2 rings (SSSR count). The van der Waals surface area contributed by atoms with E-state index in [2.05, 4.69) is 15.0 Å². The maximum Gasteiger partial charge on any atom is 0.338 e. The van der Waals surface area contributed by atoms with Crippen LogP contribution in [0.15, 0.2) is 28.3 Å². The molecule has 0 unspecified atom stereocenters. The Hall–Kier alpha value is -2.15. The topological polar surface area (TPSA) is 92.4 Å². The summed E-state index contributed by atoms with van der Waals surface area (Å²) in [6.07, 6.45) is 1.27. The van der Waals surface area contributed by atoms with Crippen molar-refractivity contribution in [3.63, 3.8) is 0 Å². The molecule has 0 saturated heterocycles. The second kappa shape index (κ2) is 4.15. The number of aromatic carboxylic acids is 1. The van der Waals surface area contributed by atoms with Crippen molar-refractivity contribution in [3.8, 4) is 0 Å². The molecule has 0 aliphatic carbocycles. The van der Waals surface area contributed by atoms with Crippen LogP contribution >= 0.6 is 11.3 Å². The molecule has 1 amide bonds. The van der Waals surface area contributed by atoms with E-state index in [1.807, 2.05) is 0 Å². The molecule has 82 valence electrons. The normalized spacial score (nSPS) is 10.0. The number of thiophene rings is 1. The van der Waals surface area contributed by atoms with Crippen LogP contribution in [0.1, 0.15) is 20.8 Å². The zero-order chi connectivity index (χ0) is 11.5. The minimum absolute atomic E-state index is 0.0573. The number of nitrogens with zero attached hydrogens (tertiary/aromatic N) is 1. The van der Waals surface area contributed by atoms with E-state index in [1.165, 1.54) is 18.4 Å². The number of rotatable bonds is 3. The van der Waals surface area contributed by atoms with Crippen molar-refractivity contribution in [2.75, 3.05) is 5.32 Å². The van der Waals surface area contributed by atoms with Gasteiger partial charge in [0.15, 0.2) is 5.69 Å². The van der Waals surface area contributed by atoms with Crippen molar-refractivity contribution in [1.29, 1.82) is 0 Å². The van der Waals surface area contributed by atoms with Crippen LogP contribution in [0.25, 0.3) is 0 Å². The van der Waals surface area contributed by atoms with Crippen LogP contribution in [0.4, 0.5) is 5.00 Å². The van der Waals surface area contributed by atoms with Crippen LogP contribution in [-0.2, 0) is 0 Å². The van der Waals surface area contributed by atoms with E-state index in [-0.39, 0.29) is 16.3 Å². The van der Waals surface area contributed by atoms with E-state index in [9.17, 15) is 9.59 Å². The maximum atomic E-state index is 11.5. The fraction of sp³-hybridized carbons (Fsp3) is 0. The summed E-state index contributed by atoms with van der Waals surface area (Å²) in [5, 5.41) is 16.6. The number of hydrogen-bond acceptors (Lipinski definition) is 5. The van der Waals surface area contributed by atoms with Gasteiger partial charge in [0.25, 0.3) is 5.91 Å². The number of aromatic nitrogens is 1. The highest BCUT2D eigenvalue weighted by atomic mass is 32.1. The number of nitrogens with one attached hydrogen (secondary N) is 1. The van der Waals surface area contributed by atoms with Gasteiger partial charge in [-0.15, -0.1) is 11.3 Å². The standard InChI is InChI=1S/C9H6N2O4S/c12-7(6-1-3-15-11-6)10-8-5(9(13)14)2-4-16-8/h1-4H,(H,10,12)(H,13,14). The molecule has 0 atom stereocenters. The van der Waals surface area contributed by atoms with Crippen LogP contribution in [0.5, 0.6) is 0 Å². The third kappa shape index (κ3) is 1.94. The van der Waals surface area contributed by atoms with Crippen molar-refractivity contribution in [2.45, 2.75) is 0 Å². The highest BCUT2D eigenvalue weighted by Crippen LogP contribution is 2.23. The highest BCUT2D eigenvalue weighted by molar-refractivity contribution is 7.14. The lowest BCUT2D eigenvalue weighted by atomic mass is 10.3. The Morgan fingerprint density at radius 1 is 1.44 bits per heavy atom. The van der Waals surface area contributed by atoms with E-state index >= 15 is 0 Å². The van der Waals surface area contributed by atoms with Crippen molar-refractivity contribution >= 4 is 28.2 Å². The second-order valence-corrected chi connectivity index (χ2v) is 3.72. The molecule has 0 radical (unpaired) electrons. The van der Waals surface area contributed by atoms with Crippen molar-refractivity contribution in [3.05, 3.63) is 35.0 Å². The molecule has 0 fully saturated rings. The van der Waals surface area contributed by atoms with Crippen molar-refractivity contribution < 1.29 is 19.2 Å². The van der Waals surface area contributed by atoms with Gasteiger partial charge in [-0.2, -0.15) is 0 Å². The highest BCUT2D eigenvalue weighted by Gasteiger charge is 2.16. The second-order valence-electron chi connectivity index (χ2n) is 2.81. The maximum absolute atomic E-state index is 11.5. The zero-order valence-electron chi connectivity index (χ0n) is 7.84. The van der Waals surface area contributed by atoms with Crippen LogP contribution in [0.2, 0.25) is 0 Å². The summed E-state index contributed by atoms with van der Waals surface area (Å²) in [6, 6.07) is 2.81. The third-order valence-corrected chi connectivity index (χ3v) is 2.62. The first kappa shape index (κ1) is 10.4. The van der Waals surface area contributed by atoms with E-state index in [1.54, 1.807) is 5.38 Å². The van der Waals surface area contributed by atoms with E-state index < -0.39 is 11.9 Å². The minimum atomic E-state index is -1.09. The van der Waals surface area contributed by atoms with Crippen LogP contribution < -0.4 is 5.32 Å². The Morgan fingerprint density at radius 2 is 2.25 bits per heavy atom. The lowest BCUT2D eigenvalue weighted by Gasteiger charge is -2.00. The summed E-state index contributed by atoms with van der Waals surface area (Å²) in [7, 11) is 0. The van der Waals surface area contributed by atoms with Gasteiger partial charge in [-0.1, -0.05) is 5.16 Å². The Bertz CT molecular complexity index is 517. The quantitative estimate of drug-likeness (QED) is 0.848. The lowest BCUT2D eigenvalue weighted by Crippen LogP contribution is -2.13. The van der Waals surface area contributed by atoms with Crippen LogP contribution in [0.3, 0.4) is 0 Å². The molecule has 16 heavy (non-hydrogen) atoms. The number of carbonyl (C=O) groups excluding carboxylic acids is 1. The molecule has 0 aliphatic rings. The number of anilines is 1. The molecule has 0 aromatic carbocycles. The summed E-state index contributed by atoms with van der Waals surface area (Å²) in [5.41, 5.74) is 0.159. The predicted molar refractivity (Wildman–Crippen MR) is 55.7 cm³/mol. The SMILES string of the molecule is O=C(Nc1sccc1C(=O)O)c1ccon1. The number of amides is 1. The van der Waals surface area contributed by atoms with Crippen molar-refractivity contribution in [1.82, 2.24) is 5.16 Å². The Morgan fingerprint density at radius 3 is 2.88 bits per heavy atom. The molecule has 0 spiro atoms. The zero-order valence-corrected chi connectivity index (χ0v) is 8.65. The molecular weight excluding hydrogens is 232 g/mol. The first-order chi connectivity index (χ1) is 7.68. The first-order valence-corrected chi connectivity index (χ1v) is 5.09. The first-order valence-electron chi connectivity index (χ1n) is 4.21. The Labute approximate surface area is 93.5 Å². The molecule has 2 heterocycles. The molecule has 0 aliphatic heterocycles. The minimum Gasteiger partial charge on any atom is -0.478 e. The van der Waals surface area contributed by atoms with Gasteiger partial charge in [-0.05, 0) is 11.4 Å². The van der Waals surface area contributed by atoms with Crippen molar-refractivity contribution in [2.24, 2.45) is 0 Å². The van der Waals surface area contributed by atoms with Gasteiger partial charge in [-0.3, -0.25) is 4.79 Å². The third-order valence-electron chi connectivity index (χ3n) is 1.79. The van der Waals surface area contributed by atoms with Crippen LogP contribution in [0, 0.1) is 0 Å². The fourth-order valence-corrected chi connectivity index (χ4v) is 1.85. The summed E-state index contributed by atoms with van der Waals surface area (Å²) in [5.74, 6) is -1.59. The monoisotopic (exact) mass is 238 g/mol. The summed E-state index contributed by atoms with van der Waals surface area (Å²) < 4.78 is 4.51. The fourth-order valence-electron chi connectivity index (χ4n) is 1.07. The van der Waals surface area contributed by atoms with E-state index in [0.29, 0.717) is 0 Å². The van der Waals surface area contributed by atoms with Gasteiger partial charge < -0.3 is 14.9 Å². The Kier molecular flexibility index (Phi) is 2.69. The lowest BCUT2D eigenvalue weighted by molar-refractivity contribution is 0.0698. The predicted octanol–water partition coefficient (Wildman–Crippen LogP) is 1.69. The molecule has 7 heteroatoms. The van der Waals surface area contributed by atoms with Gasteiger partial charge in [-0.25, -0.2) is 4.79 Å². The van der Waals surface area contributed by atoms with Gasteiger partial charge in [0, 0.05) is 6.07 Å². The number of hydrogen-bond donors (Lipinski definition) is 2. The summed E-state index contributed by atoms with van der Waals surface area (Å²) in [6.45, 7) is 0. The average Bonchev–Trinajstić information content (AvgIpc) is 2.86. The summed E-state index contributed by atoms with van der Waals surface area (Å²) >= 11 is 1.13. The van der Waals surface area contributed by atoms with Gasteiger partial charge in [0.05, 0.1) is 5.56 Å². The Balaban J connectivity index is 2.18. The molecule has 0 bridgehead atoms. The molecule has 6 nitrogen and oxygen atoms in total. The van der Waals surface area contributed by atoms with Gasteiger partial charge in [0.2, 0.25) is 0 Å². The molecular formula is C9H6N2O4S. The summed E-state index contributed by atoms with van der Waals surface area (Å²) in [4.78, 5) is 22.3. The van der Waals surface area contributed by atoms with Gasteiger partial charge in [0.1, 0.15) is 11.3 Å². The smallest absolute Gasteiger partial charge is 0.338 e. The number of carboxylic acids is 1. The van der Waals surface area contributed by atoms with Crippen LogP contribution in [-0.4, -0.2) is 22.1 Å². The average molecular weight is 238 g/mol. The molecule has 2 N–H and O–H groups in total. The molecule has 0 saturated carbocycles.